The van der Waals surface area contributed by atoms with E-state index in [0.717, 1.165) is 12.1 Å². The van der Waals surface area contributed by atoms with E-state index in [2.05, 4.69) is 26.6 Å². The molecule has 28 heavy (non-hydrogen) atoms. The van der Waals surface area contributed by atoms with Gasteiger partial charge in [-0.3, -0.25) is 9.59 Å². The van der Waals surface area contributed by atoms with Crippen molar-refractivity contribution in [1.29, 1.82) is 0 Å². The van der Waals surface area contributed by atoms with Crippen LogP contribution in [0.3, 0.4) is 0 Å². The predicted octanol–water partition coefficient (Wildman–Crippen LogP) is 0.636. The number of hydrogen-bond acceptors (Lipinski definition) is 6. The lowest BCUT2D eigenvalue weighted by molar-refractivity contribution is -0.133. The zero-order valence-corrected chi connectivity index (χ0v) is 16.1. The van der Waals surface area contributed by atoms with Crippen molar-refractivity contribution in [3.8, 4) is 11.4 Å². The fourth-order valence-electron chi connectivity index (χ4n) is 3.45. The lowest BCUT2D eigenvalue weighted by Gasteiger charge is -2.28. The van der Waals surface area contributed by atoms with Crippen molar-refractivity contribution in [2.24, 2.45) is 7.05 Å². The van der Waals surface area contributed by atoms with Crippen LogP contribution in [0.15, 0.2) is 29.1 Å². The van der Waals surface area contributed by atoms with Gasteiger partial charge in [-0.15, -0.1) is 10.2 Å². The van der Waals surface area contributed by atoms with Gasteiger partial charge >= 0.3 is 0 Å². The molecule has 9 nitrogen and oxygen atoms in total. The van der Waals surface area contributed by atoms with Gasteiger partial charge in [0.25, 0.3) is 5.56 Å². The normalized spacial score (nSPS) is 13.5. The van der Waals surface area contributed by atoms with Crippen LogP contribution in [-0.2, 0) is 31.4 Å². The second-order valence-electron chi connectivity index (χ2n) is 6.99. The average molecular weight is 379 g/mol. The first kappa shape index (κ1) is 18.0. The van der Waals surface area contributed by atoms with Gasteiger partial charge in [-0.1, -0.05) is 24.3 Å². The Labute approximate surface area is 161 Å². The molecule has 1 aliphatic heterocycles. The highest BCUT2D eigenvalue weighted by molar-refractivity contribution is 5.76. The van der Waals surface area contributed by atoms with E-state index in [4.69, 9.17) is 0 Å². The van der Waals surface area contributed by atoms with Gasteiger partial charge in [0.2, 0.25) is 11.7 Å². The van der Waals surface area contributed by atoms with Crippen LogP contribution < -0.4 is 5.56 Å². The standard InChI is InChI=1S/C19H21N7O2/c1-12-13(2)21-24(3)19(28)17(12)18-20-23-26(22-18)11-16(27)25-9-8-14-6-4-5-7-15(14)10-25/h4-7H,8-11H2,1-3H3. The highest BCUT2D eigenvalue weighted by Gasteiger charge is 2.22. The SMILES string of the molecule is Cc1nn(C)c(=O)c(-c2nnn(CC(=O)N3CCc4ccccc4C3)n2)c1C. The fourth-order valence-corrected chi connectivity index (χ4v) is 3.45. The Morgan fingerprint density at radius 1 is 1.14 bits per heavy atom. The third-order valence-corrected chi connectivity index (χ3v) is 5.16. The summed E-state index contributed by atoms with van der Waals surface area (Å²) < 4.78 is 1.26. The van der Waals surface area contributed by atoms with E-state index in [0.29, 0.717) is 24.2 Å². The monoisotopic (exact) mass is 379 g/mol. The summed E-state index contributed by atoms with van der Waals surface area (Å²) in [5.74, 6) is 0.134. The number of aryl methyl sites for hydroxylation is 2. The molecule has 3 heterocycles. The molecule has 0 saturated carbocycles. The van der Waals surface area contributed by atoms with E-state index < -0.39 is 0 Å². The second-order valence-corrected chi connectivity index (χ2v) is 6.99. The van der Waals surface area contributed by atoms with Crippen molar-refractivity contribution < 1.29 is 4.79 Å². The minimum Gasteiger partial charge on any atom is -0.336 e. The van der Waals surface area contributed by atoms with Crippen molar-refractivity contribution in [3.63, 3.8) is 0 Å². The lowest BCUT2D eigenvalue weighted by atomic mass is 10.00. The number of carbonyl (C=O) groups is 1. The summed E-state index contributed by atoms with van der Waals surface area (Å²) in [5.41, 5.74) is 3.95. The molecule has 2 aromatic heterocycles. The first-order valence-corrected chi connectivity index (χ1v) is 9.11. The number of hydrogen-bond donors (Lipinski definition) is 0. The van der Waals surface area contributed by atoms with E-state index in [-0.39, 0.29) is 23.8 Å². The number of amides is 1. The maximum absolute atomic E-state index is 12.7. The molecule has 0 saturated heterocycles. The third kappa shape index (κ3) is 3.19. The Kier molecular flexibility index (Phi) is 4.50. The van der Waals surface area contributed by atoms with Crippen molar-refractivity contribution in [3.05, 3.63) is 57.0 Å². The highest BCUT2D eigenvalue weighted by atomic mass is 16.2. The molecule has 3 aromatic rings. The zero-order valence-electron chi connectivity index (χ0n) is 16.1. The van der Waals surface area contributed by atoms with Gasteiger partial charge in [-0.2, -0.15) is 9.90 Å². The number of carbonyl (C=O) groups excluding carboxylic acids is 1. The molecule has 0 unspecified atom stereocenters. The molecule has 0 spiro atoms. The molecular weight excluding hydrogens is 358 g/mol. The van der Waals surface area contributed by atoms with Crippen LogP contribution in [0.5, 0.6) is 0 Å². The number of benzene rings is 1. The first-order valence-electron chi connectivity index (χ1n) is 9.11. The smallest absolute Gasteiger partial charge is 0.278 e. The molecular formula is C19H21N7O2. The molecule has 0 N–H and O–H groups in total. The van der Waals surface area contributed by atoms with Crippen LogP contribution in [0.2, 0.25) is 0 Å². The average Bonchev–Trinajstić information content (AvgIpc) is 3.14. The quantitative estimate of drug-likeness (QED) is 0.662. The Balaban J connectivity index is 1.54. The number of aromatic nitrogens is 6. The number of fused-ring (bicyclic) bond motifs is 1. The van der Waals surface area contributed by atoms with Crippen molar-refractivity contribution in [2.45, 2.75) is 33.4 Å². The van der Waals surface area contributed by atoms with Gasteiger partial charge in [-0.25, -0.2) is 4.68 Å². The van der Waals surface area contributed by atoms with E-state index in [1.807, 2.05) is 25.1 Å². The largest absolute Gasteiger partial charge is 0.336 e. The highest BCUT2D eigenvalue weighted by Crippen LogP contribution is 2.19. The van der Waals surface area contributed by atoms with E-state index in [1.165, 1.54) is 20.6 Å². The summed E-state index contributed by atoms with van der Waals surface area (Å²) in [4.78, 5) is 28.2. The minimum atomic E-state index is -0.290. The van der Waals surface area contributed by atoms with Gasteiger partial charge in [0.15, 0.2) is 0 Å². The second kappa shape index (κ2) is 6.99. The van der Waals surface area contributed by atoms with Gasteiger partial charge in [0.1, 0.15) is 6.54 Å². The number of tetrazole rings is 1. The van der Waals surface area contributed by atoms with Crippen molar-refractivity contribution in [2.75, 3.05) is 6.54 Å². The van der Waals surface area contributed by atoms with Gasteiger partial charge < -0.3 is 4.90 Å². The molecule has 0 aliphatic carbocycles. The summed E-state index contributed by atoms with van der Waals surface area (Å²) in [5, 5.41) is 16.4. The number of nitrogens with zero attached hydrogens (tertiary/aromatic N) is 7. The van der Waals surface area contributed by atoms with E-state index in [1.54, 1.807) is 18.9 Å². The first-order chi connectivity index (χ1) is 13.4. The summed E-state index contributed by atoms with van der Waals surface area (Å²) in [6.45, 7) is 4.86. The summed E-state index contributed by atoms with van der Waals surface area (Å²) in [6, 6.07) is 8.15. The Morgan fingerprint density at radius 3 is 2.68 bits per heavy atom. The van der Waals surface area contributed by atoms with E-state index in [9.17, 15) is 9.59 Å². The van der Waals surface area contributed by atoms with Crippen LogP contribution >= 0.6 is 0 Å². The maximum atomic E-state index is 12.7. The molecule has 9 heteroatoms. The summed E-state index contributed by atoms with van der Waals surface area (Å²) >= 11 is 0. The molecule has 4 rings (SSSR count). The summed E-state index contributed by atoms with van der Waals surface area (Å²) in [6.07, 6.45) is 0.837. The molecule has 1 aromatic carbocycles. The Morgan fingerprint density at radius 2 is 1.89 bits per heavy atom. The fraction of sp³-hybridized carbons (Fsp3) is 0.368. The minimum absolute atomic E-state index is 0.0153. The summed E-state index contributed by atoms with van der Waals surface area (Å²) in [7, 11) is 1.58. The molecule has 0 atom stereocenters. The molecule has 144 valence electrons. The zero-order chi connectivity index (χ0) is 19.8. The molecule has 0 fully saturated rings. The van der Waals surface area contributed by atoms with Gasteiger partial charge in [0, 0.05) is 20.1 Å². The van der Waals surface area contributed by atoms with Crippen LogP contribution in [0, 0.1) is 13.8 Å². The molecule has 1 amide bonds. The van der Waals surface area contributed by atoms with E-state index >= 15 is 0 Å². The van der Waals surface area contributed by atoms with Crippen LogP contribution in [-0.4, -0.2) is 47.3 Å². The van der Waals surface area contributed by atoms with Gasteiger partial charge in [-0.05, 0) is 42.2 Å². The van der Waals surface area contributed by atoms with Gasteiger partial charge in [0.05, 0.1) is 11.3 Å². The maximum Gasteiger partial charge on any atom is 0.278 e. The predicted molar refractivity (Wildman–Crippen MR) is 101 cm³/mol. The molecule has 0 bridgehead atoms. The molecule has 0 radical (unpaired) electrons. The lowest BCUT2D eigenvalue weighted by Crippen LogP contribution is -2.38. The van der Waals surface area contributed by atoms with Crippen LogP contribution in [0.25, 0.3) is 11.4 Å². The Hall–Kier alpha value is -3.36. The number of rotatable bonds is 3. The Bertz CT molecular complexity index is 1120. The topological polar surface area (TPSA) is 98.8 Å². The van der Waals surface area contributed by atoms with Crippen molar-refractivity contribution in [1.82, 2.24) is 34.9 Å². The molecule has 1 aliphatic rings. The van der Waals surface area contributed by atoms with Crippen molar-refractivity contribution >= 4 is 5.91 Å². The van der Waals surface area contributed by atoms with Crippen LogP contribution in [0.1, 0.15) is 22.4 Å². The van der Waals surface area contributed by atoms with Crippen LogP contribution in [0.4, 0.5) is 0 Å². The third-order valence-electron chi connectivity index (χ3n) is 5.16.